The Balaban J connectivity index is 2.53. The molecule has 0 bridgehead atoms. The van der Waals surface area contributed by atoms with E-state index in [0.29, 0.717) is 13.0 Å². The van der Waals surface area contributed by atoms with Crippen molar-refractivity contribution < 1.29 is 9.53 Å². The molecule has 0 atom stereocenters. The van der Waals surface area contributed by atoms with E-state index < -0.39 is 0 Å². The van der Waals surface area contributed by atoms with Crippen LogP contribution in [0, 0.1) is 6.92 Å². The van der Waals surface area contributed by atoms with Gasteiger partial charge in [0.1, 0.15) is 5.75 Å². The molecule has 2 rings (SSSR count). The Kier molecular flexibility index (Phi) is 2.76. The molecule has 0 aromatic heterocycles. The van der Waals surface area contributed by atoms with Gasteiger partial charge in [0.25, 0.3) is 0 Å². The highest BCUT2D eigenvalue weighted by Gasteiger charge is 2.22. The van der Waals surface area contributed by atoms with Crippen LogP contribution in [-0.4, -0.2) is 12.4 Å². The molecule has 0 spiro atoms. The molecule has 1 aromatic rings. The lowest BCUT2D eigenvalue weighted by Crippen LogP contribution is -2.14. The third kappa shape index (κ3) is 1.76. The lowest BCUT2D eigenvalue weighted by molar-refractivity contribution is 0.0971. The van der Waals surface area contributed by atoms with Crippen molar-refractivity contribution in [2.75, 3.05) is 6.61 Å². The monoisotopic (exact) mass is 204 g/mol. The molecule has 0 amide bonds. The number of carbonyl (C=O) groups is 1. The molecule has 2 nitrogen and oxygen atoms in total. The average Bonchev–Trinajstić information content (AvgIpc) is 2.22. The fourth-order valence-corrected chi connectivity index (χ4v) is 2.22. The number of Topliss-reactive ketones (excluding diaryl/α,β-unsaturated/α-hetero) is 1. The van der Waals surface area contributed by atoms with Crippen molar-refractivity contribution in [3.05, 3.63) is 28.8 Å². The zero-order chi connectivity index (χ0) is 10.8. The number of carbonyl (C=O) groups excluding carboxylic acids is 1. The number of aryl methyl sites for hydroxylation is 1. The van der Waals surface area contributed by atoms with E-state index in [0.717, 1.165) is 35.3 Å². The van der Waals surface area contributed by atoms with E-state index in [-0.39, 0.29) is 5.78 Å². The first-order chi connectivity index (χ1) is 7.24. The highest BCUT2D eigenvalue weighted by molar-refractivity contribution is 6.00. The zero-order valence-electron chi connectivity index (χ0n) is 9.30. The summed E-state index contributed by atoms with van der Waals surface area (Å²) in [5.41, 5.74) is 3.11. The number of hydrogen-bond donors (Lipinski definition) is 0. The van der Waals surface area contributed by atoms with Crippen LogP contribution in [0.2, 0.25) is 0 Å². The molecule has 0 heterocycles. The van der Waals surface area contributed by atoms with E-state index in [1.54, 1.807) is 0 Å². The van der Waals surface area contributed by atoms with E-state index in [1.165, 1.54) is 0 Å². The van der Waals surface area contributed by atoms with Gasteiger partial charge >= 0.3 is 0 Å². The van der Waals surface area contributed by atoms with Gasteiger partial charge in [-0.3, -0.25) is 4.79 Å². The second-order valence-electron chi connectivity index (χ2n) is 3.94. The zero-order valence-corrected chi connectivity index (χ0v) is 9.30. The van der Waals surface area contributed by atoms with Crippen LogP contribution >= 0.6 is 0 Å². The van der Waals surface area contributed by atoms with E-state index in [1.807, 2.05) is 26.0 Å². The summed E-state index contributed by atoms with van der Waals surface area (Å²) in [6, 6.07) is 3.96. The van der Waals surface area contributed by atoms with Crippen molar-refractivity contribution in [2.24, 2.45) is 0 Å². The Bertz CT molecular complexity index is 394. The van der Waals surface area contributed by atoms with E-state index in [4.69, 9.17) is 4.74 Å². The maximum Gasteiger partial charge on any atom is 0.163 e. The molecular formula is C13H16O2. The molecule has 1 aliphatic rings. The van der Waals surface area contributed by atoms with Gasteiger partial charge in [-0.2, -0.15) is 0 Å². The summed E-state index contributed by atoms with van der Waals surface area (Å²) in [5.74, 6) is 1.17. The number of ether oxygens (including phenoxy) is 1. The number of fused-ring (bicyclic) bond motifs is 1. The fraction of sp³-hybridized carbons (Fsp3) is 0.462. The predicted octanol–water partition coefficient (Wildman–Crippen LogP) is 2.91. The van der Waals surface area contributed by atoms with Gasteiger partial charge < -0.3 is 4.74 Å². The van der Waals surface area contributed by atoms with Gasteiger partial charge in [-0.15, -0.1) is 0 Å². The Morgan fingerprint density at radius 1 is 1.33 bits per heavy atom. The van der Waals surface area contributed by atoms with Gasteiger partial charge in [0.2, 0.25) is 0 Å². The summed E-state index contributed by atoms with van der Waals surface area (Å²) >= 11 is 0. The lowest BCUT2D eigenvalue weighted by atomic mass is 9.87. The van der Waals surface area contributed by atoms with Gasteiger partial charge in [0.05, 0.1) is 6.61 Å². The van der Waals surface area contributed by atoms with Crippen molar-refractivity contribution in [2.45, 2.75) is 33.1 Å². The predicted molar refractivity (Wildman–Crippen MR) is 59.6 cm³/mol. The summed E-state index contributed by atoms with van der Waals surface area (Å²) in [5, 5.41) is 0. The Morgan fingerprint density at radius 2 is 2.13 bits per heavy atom. The topological polar surface area (TPSA) is 26.3 Å². The summed E-state index contributed by atoms with van der Waals surface area (Å²) < 4.78 is 5.56. The van der Waals surface area contributed by atoms with Crippen molar-refractivity contribution in [1.82, 2.24) is 0 Å². The number of rotatable bonds is 2. The molecule has 0 saturated heterocycles. The number of benzene rings is 1. The van der Waals surface area contributed by atoms with Gasteiger partial charge in [-0.1, -0.05) is 6.07 Å². The first-order valence-electron chi connectivity index (χ1n) is 5.52. The third-order valence-corrected chi connectivity index (χ3v) is 2.89. The molecule has 0 aliphatic heterocycles. The van der Waals surface area contributed by atoms with Crippen molar-refractivity contribution in [1.29, 1.82) is 0 Å². The van der Waals surface area contributed by atoms with Crippen molar-refractivity contribution in [3.8, 4) is 5.75 Å². The maximum absolute atomic E-state index is 11.8. The highest BCUT2D eigenvalue weighted by atomic mass is 16.5. The fourth-order valence-electron chi connectivity index (χ4n) is 2.22. The smallest absolute Gasteiger partial charge is 0.163 e. The van der Waals surface area contributed by atoms with Gasteiger partial charge in [0.15, 0.2) is 5.78 Å². The van der Waals surface area contributed by atoms with Crippen LogP contribution in [-0.2, 0) is 6.42 Å². The third-order valence-electron chi connectivity index (χ3n) is 2.89. The molecule has 0 N–H and O–H groups in total. The lowest BCUT2D eigenvalue weighted by Gasteiger charge is -2.20. The quantitative estimate of drug-likeness (QED) is 0.740. The Labute approximate surface area is 90.3 Å². The van der Waals surface area contributed by atoms with E-state index in [2.05, 4.69) is 0 Å². The molecule has 1 aromatic carbocycles. The first kappa shape index (κ1) is 10.2. The molecule has 15 heavy (non-hydrogen) atoms. The highest BCUT2D eigenvalue weighted by Crippen LogP contribution is 2.31. The minimum Gasteiger partial charge on any atom is -0.494 e. The van der Waals surface area contributed by atoms with Crippen molar-refractivity contribution >= 4 is 5.78 Å². The molecule has 0 radical (unpaired) electrons. The molecule has 1 aliphatic carbocycles. The largest absolute Gasteiger partial charge is 0.494 e. The van der Waals surface area contributed by atoms with Crippen LogP contribution in [0.1, 0.15) is 41.3 Å². The Morgan fingerprint density at radius 3 is 2.87 bits per heavy atom. The summed E-state index contributed by atoms with van der Waals surface area (Å²) in [6.45, 7) is 4.62. The van der Waals surface area contributed by atoms with Crippen LogP contribution in [0.3, 0.4) is 0 Å². The number of ketones is 1. The second-order valence-corrected chi connectivity index (χ2v) is 3.94. The first-order valence-corrected chi connectivity index (χ1v) is 5.52. The number of hydrogen-bond acceptors (Lipinski definition) is 2. The molecular weight excluding hydrogens is 188 g/mol. The standard InChI is InChI=1S/C13H16O2/c1-3-15-12-8-7-9(2)13-10(12)5-4-6-11(13)14/h7-8H,3-6H2,1-2H3. The van der Waals surface area contributed by atoms with E-state index in [9.17, 15) is 4.79 Å². The summed E-state index contributed by atoms with van der Waals surface area (Å²) in [4.78, 5) is 11.8. The normalized spacial score (nSPS) is 14.9. The summed E-state index contributed by atoms with van der Waals surface area (Å²) in [7, 11) is 0. The van der Waals surface area contributed by atoms with Crippen LogP contribution in [0.4, 0.5) is 0 Å². The second kappa shape index (κ2) is 4.05. The SMILES string of the molecule is CCOc1ccc(C)c2c1CCCC2=O. The summed E-state index contributed by atoms with van der Waals surface area (Å²) in [6.07, 6.45) is 2.61. The minimum absolute atomic E-state index is 0.273. The molecule has 0 saturated carbocycles. The van der Waals surface area contributed by atoms with E-state index >= 15 is 0 Å². The van der Waals surface area contributed by atoms with Crippen molar-refractivity contribution in [3.63, 3.8) is 0 Å². The van der Waals surface area contributed by atoms with Crippen LogP contribution in [0.5, 0.6) is 5.75 Å². The molecule has 2 heteroatoms. The molecule has 80 valence electrons. The van der Waals surface area contributed by atoms with Gasteiger partial charge in [0, 0.05) is 17.5 Å². The van der Waals surface area contributed by atoms with Crippen LogP contribution in [0.25, 0.3) is 0 Å². The molecule has 0 unspecified atom stereocenters. The molecule has 0 fully saturated rings. The Hall–Kier alpha value is -1.31. The maximum atomic E-state index is 11.8. The van der Waals surface area contributed by atoms with Gasteiger partial charge in [-0.25, -0.2) is 0 Å². The minimum atomic E-state index is 0.273. The van der Waals surface area contributed by atoms with Gasteiger partial charge in [-0.05, 0) is 38.3 Å². The average molecular weight is 204 g/mol. The van der Waals surface area contributed by atoms with Crippen LogP contribution < -0.4 is 4.74 Å². The van der Waals surface area contributed by atoms with Crippen LogP contribution in [0.15, 0.2) is 12.1 Å².